The second kappa shape index (κ2) is 4.41. The third kappa shape index (κ3) is 2.36. The lowest BCUT2D eigenvalue weighted by Crippen LogP contribution is -2.00. The minimum absolute atomic E-state index is 0.298. The van der Waals surface area contributed by atoms with Crippen molar-refractivity contribution in [1.29, 1.82) is 0 Å². The summed E-state index contributed by atoms with van der Waals surface area (Å²) in [6.07, 6.45) is 1.67. The van der Waals surface area contributed by atoms with Crippen molar-refractivity contribution in [3.05, 3.63) is 35.0 Å². The molecule has 1 aromatic rings. The van der Waals surface area contributed by atoms with Crippen LogP contribution in [0.2, 0.25) is 0 Å². The van der Waals surface area contributed by atoms with Crippen LogP contribution >= 0.6 is 0 Å². The van der Waals surface area contributed by atoms with Gasteiger partial charge in [-0.3, -0.25) is 0 Å². The molecule has 0 amide bonds. The smallest absolute Gasteiger partial charge is 0.363 e. The molecule has 0 radical (unpaired) electrons. The van der Waals surface area contributed by atoms with Gasteiger partial charge in [0.2, 0.25) is 0 Å². The lowest BCUT2D eigenvalue weighted by Gasteiger charge is -2.05. The van der Waals surface area contributed by atoms with Gasteiger partial charge in [-0.1, -0.05) is 11.6 Å². The molecule has 88 valence electrons. The molecule has 0 aliphatic carbocycles. The molecule has 2 rings (SSSR count). The van der Waals surface area contributed by atoms with Gasteiger partial charge in [0.05, 0.1) is 7.11 Å². The van der Waals surface area contributed by atoms with Crippen molar-refractivity contribution in [3.8, 4) is 5.75 Å². The second-order valence-electron chi connectivity index (χ2n) is 3.80. The van der Waals surface area contributed by atoms with Crippen LogP contribution in [0.3, 0.4) is 0 Å². The maximum Gasteiger partial charge on any atom is 0.363 e. The first kappa shape index (κ1) is 11.4. The van der Waals surface area contributed by atoms with E-state index in [-0.39, 0.29) is 0 Å². The van der Waals surface area contributed by atoms with Crippen LogP contribution in [0.4, 0.5) is 0 Å². The van der Waals surface area contributed by atoms with E-state index in [1.165, 1.54) is 0 Å². The Bertz CT molecular complexity index is 529. The van der Waals surface area contributed by atoms with Crippen LogP contribution in [0.5, 0.6) is 5.75 Å². The monoisotopic (exact) mass is 231 g/mol. The summed E-state index contributed by atoms with van der Waals surface area (Å²) in [6, 6.07) is 5.74. The Morgan fingerprint density at radius 3 is 2.71 bits per heavy atom. The summed E-state index contributed by atoms with van der Waals surface area (Å²) in [4.78, 5) is 15.4. The number of hydrogen-bond acceptors (Lipinski definition) is 4. The number of ether oxygens (including phenoxy) is 2. The first-order valence-electron chi connectivity index (χ1n) is 5.24. The quantitative estimate of drug-likeness (QED) is 0.579. The number of esters is 1. The van der Waals surface area contributed by atoms with Gasteiger partial charge >= 0.3 is 5.97 Å². The molecular formula is C13H13NO3. The second-order valence-corrected chi connectivity index (χ2v) is 3.80. The molecule has 0 atom stereocenters. The highest BCUT2D eigenvalue weighted by Gasteiger charge is 2.20. The van der Waals surface area contributed by atoms with Crippen LogP contribution < -0.4 is 4.74 Å². The first-order chi connectivity index (χ1) is 8.10. The van der Waals surface area contributed by atoms with Crippen molar-refractivity contribution in [3.63, 3.8) is 0 Å². The SMILES string of the molecule is COc1ccc(C)cc1/C=C1/N=C(C)OC1=O. The molecule has 4 nitrogen and oxygen atoms in total. The molecule has 0 N–H and O–H groups in total. The van der Waals surface area contributed by atoms with E-state index in [1.807, 2.05) is 25.1 Å². The zero-order valence-electron chi connectivity index (χ0n) is 9.98. The fourth-order valence-electron chi connectivity index (χ4n) is 1.63. The fraction of sp³-hybridized carbons (Fsp3) is 0.231. The number of hydrogen-bond donors (Lipinski definition) is 0. The number of nitrogens with zero attached hydrogens (tertiary/aromatic N) is 1. The van der Waals surface area contributed by atoms with E-state index in [1.54, 1.807) is 20.1 Å². The summed E-state index contributed by atoms with van der Waals surface area (Å²) in [5.41, 5.74) is 2.20. The average Bonchev–Trinajstić information content (AvgIpc) is 2.58. The molecule has 0 saturated carbocycles. The molecule has 1 aliphatic rings. The van der Waals surface area contributed by atoms with E-state index in [0.29, 0.717) is 17.3 Å². The van der Waals surface area contributed by atoms with Crippen LogP contribution in [0.25, 0.3) is 6.08 Å². The molecule has 1 heterocycles. The minimum Gasteiger partial charge on any atom is -0.496 e. The summed E-state index contributed by atoms with van der Waals surface area (Å²) >= 11 is 0. The molecule has 17 heavy (non-hydrogen) atoms. The number of aliphatic imine (C=N–C) groups is 1. The molecule has 4 heteroatoms. The highest BCUT2D eigenvalue weighted by Crippen LogP contribution is 2.24. The Labute approximate surface area is 99.6 Å². The number of carbonyl (C=O) groups excluding carboxylic acids is 1. The van der Waals surface area contributed by atoms with Gasteiger partial charge in [-0.05, 0) is 25.1 Å². The van der Waals surface area contributed by atoms with Crippen molar-refractivity contribution >= 4 is 17.9 Å². The van der Waals surface area contributed by atoms with Crippen LogP contribution in [0, 0.1) is 6.92 Å². The lowest BCUT2D eigenvalue weighted by atomic mass is 10.1. The topological polar surface area (TPSA) is 47.9 Å². The van der Waals surface area contributed by atoms with Crippen molar-refractivity contribution in [2.75, 3.05) is 7.11 Å². The minimum atomic E-state index is -0.425. The average molecular weight is 231 g/mol. The highest BCUT2D eigenvalue weighted by molar-refractivity contribution is 6.06. The van der Waals surface area contributed by atoms with Gasteiger partial charge in [-0.2, -0.15) is 0 Å². The van der Waals surface area contributed by atoms with Crippen molar-refractivity contribution < 1.29 is 14.3 Å². The maximum absolute atomic E-state index is 11.4. The fourth-order valence-corrected chi connectivity index (χ4v) is 1.63. The molecule has 0 aromatic heterocycles. The van der Waals surface area contributed by atoms with Gasteiger partial charge in [-0.15, -0.1) is 0 Å². The predicted molar refractivity (Wildman–Crippen MR) is 64.9 cm³/mol. The van der Waals surface area contributed by atoms with E-state index in [9.17, 15) is 4.79 Å². The summed E-state index contributed by atoms with van der Waals surface area (Å²) in [5.74, 6) is 0.648. The lowest BCUT2D eigenvalue weighted by molar-refractivity contribution is -0.130. The van der Waals surface area contributed by atoms with Gasteiger partial charge in [0.15, 0.2) is 11.6 Å². The molecule has 1 aliphatic heterocycles. The normalized spacial score (nSPS) is 17.0. The Balaban J connectivity index is 2.44. The van der Waals surface area contributed by atoms with E-state index >= 15 is 0 Å². The van der Waals surface area contributed by atoms with Gasteiger partial charge in [0, 0.05) is 12.5 Å². The Morgan fingerprint density at radius 1 is 1.35 bits per heavy atom. The molecule has 0 bridgehead atoms. The van der Waals surface area contributed by atoms with Crippen molar-refractivity contribution in [1.82, 2.24) is 0 Å². The third-order valence-corrected chi connectivity index (χ3v) is 2.40. The number of benzene rings is 1. The van der Waals surface area contributed by atoms with Crippen molar-refractivity contribution in [2.24, 2.45) is 4.99 Å². The Morgan fingerprint density at radius 2 is 2.12 bits per heavy atom. The summed E-state index contributed by atoms with van der Waals surface area (Å²) in [6.45, 7) is 3.62. The van der Waals surface area contributed by atoms with Crippen LogP contribution in [-0.2, 0) is 9.53 Å². The largest absolute Gasteiger partial charge is 0.496 e. The van der Waals surface area contributed by atoms with E-state index in [0.717, 1.165) is 11.1 Å². The number of rotatable bonds is 2. The number of methoxy groups -OCH3 is 1. The molecule has 0 saturated heterocycles. The van der Waals surface area contributed by atoms with Gasteiger partial charge in [0.1, 0.15) is 5.75 Å². The number of aryl methyl sites for hydroxylation is 1. The van der Waals surface area contributed by atoms with Crippen LogP contribution in [-0.4, -0.2) is 19.0 Å². The standard InChI is InChI=1S/C13H13NO3/c1-8-4-5-12(16-3)10(6-8)7-11-13(15)17-9(2)14-11/h4-7H,1-3H3/b11-7+. The molecule has 0 spiro atoms. The highest BCUT2D eigenvalue weighted by atomic mass is 16.6. The zero-order chi connectivity index (χ0) is 12.4. The van der Waals surface area contributed by atoms with Crippen LogP contribution in [0.15, 0.2) is 28.9 Å². The molecular weight excluding hydrogens is 218 g/mol. The zero-order valence-corrected chi connectivity index (χ0v) is 9.98. The van der Waals surface area contributed by atoms with E-state index < -0.39 is 5.97 Å². The predicted octanol–water partition coefficient (Wildman–Crippen LogP) is 2.32. The maximum atomic E-state index is 11.4. The Hall–Kier alpha value is -2.10. The number of carbonyl (C=O) groups is 1. The van der Waals surface area contributed by atoms with E-state index in [2.05, 4.69) is 4.99 Å². The molecule has 1 aromatic carbocycles. The Kier molecular flexibility index (Phi) is 2.95. The molecule has 0 unspecified atom stereocenters. The summed E-state index contributed by atoms with van der Waals surface area (Å²) in [5, 5.41) is 0. The molecule has 0 fully saturated rings. The number of cyclic esters (lactones) is 1. The summed E-state index contributed by atoms with van der Waals surface area (Å²) in [7, 11) is 1.59. The first-order valence-corrected chi connectivity index (χ1v) is 5.24. The van der Waals surface area contributed by atoms with E-state index in [4.69, 9.17) is 9.47 Å². The van der Waals surface area contributed by atoms with Crippen molar-refractivity contribution in [2.45, 2.75) is 13.8 Å². The van der Waals surface area contributed by atoms with Gasteiger partial charge < -0.3 is 9.47 Å². The van der Waals surface area contributed by atoms with Gasteiger partial charge in [-0.25, -0.2) is 9.79 Å². The summed E-state index contributed by atoms with van der Waals surface area (Å²) < 4.78 is 10.1. The van der Waals surface area contributed by atoms with Crippen LogP contribution in [0.1, 0.15) is 18.1 Å². The third-order valence-electron chi connectivity index (χ3n) is 2.40. The van der Waals surface area contributed by atoms with Gasteiger partial charge in [0.25, 0.3) is 0 Å².